The Hall–Kier alpha value is -4.25. The number of carboxylic acid groups (broad SMARTS) is 1. The van der Waals surface area contributed by atoms with Crippen LogP contribution in [0.25, 0.3) is 10.9 Å². The van der Waals surface area contributed by atoms with Gasteiger partial charge in [-0.1, -0.05) is 6.07 Å². The number of nitrogens with two attached hydrogens (primary N) is 1. The van der Waals surface area contributed by atoms with Gasteiger partial charge in [-0.25, -0.2) is 9.97 Å². The van der Waals surface area contributed by atoms with Crippen LogP contribution in [0.5, 0.6) is 5.75 Å². The lowest BCUT2D eigenvalue weighted by Gasteiger charge is -2.30. The lowest BCUT2D eigenvalue weighted by molar-refractivity contribution is -0.137. The van der Waals surface area contributed by atoms with Crippen LogP contribution in [0, 0.1) is 0 Å². The van der Waals surface area contributed by atoms with Gasteiger partial charge < -0.3 is 25.4 Å². The number of likely N-dealkylation sites (tertiary alicyclic amines) is 1. The largest absolute Gasteiger partial charge is 0.489 e. The SMILES string of the molecule is NC(=O)[C@H](CCC(=O)O)N1Cc2cc(O[C@H]3CCN(Cc4ccc5nc(N6CCC6)ncc5c4)C3)ccc2C1=O. The average Bonchev–Trinajstić information content (AvgIpc) is 3.46. The summed E-state index contributed by atoms with van der Waals surface area (Å²) in [6.45, 7) is 4.74. The fraction of sp³-hybridized carbons (Fsp3) is 0.414. The molecule has 0 radical (unpaired) electrons. The maximum atomic E-state index is 12.9. The molecule has 1 aromatic heterocycles. The molecule has 2 saturated heterocycles. The number of ether oxygens (including phenoxy) is 1. The molecule has 2 amide bonds. The number of aliphatic carboxylic acids is 1. The van der Waals surface area contributed by atoms with Crippen LogP contribution in [-0.2, 0) is 22.7 Å². The summed E-state index contributed by atoms with van der Waals surface area (Å²) in [5.74, 6) is -0.592. The quantitative estimate of drug-likeness (QED) is 0.393. The van der Waals surface area contributed by atoms with Crippen molar-refractivity contribution >= 4 is 34.6 Å². The molecule has 3 aliphatic rings. The molecule has 0 bridgehead atoms. The third-order valence-electron chi connectivity index (χ3n) is 7.95. The second-order valence-corrected chi connectivity index (χ2v) is 10.8. The standard InChI is InChI=1S/C29H32N6O5/c30-27(38)25(6-7-26(36)37)35-16-20-13-21(3-4-23(20)28(35)39)40-22-8-11-33(17-22)15-18-2-5-24-19(12-18)14-31-29(32-24)34-9-1-10-34/h2-5,12-14,22,25H,1,6-11,15-17H2,(H2,30,38)(H,36,37)/t22-,25-/m0/s1. The molecule has 11 nitrogen and oxygen atoms in total. The third-order valence-corrected chi connectivity index (χ3v) is 7.95. The predicted octanol–water partition coefficient (Wildman–Crippen LogP) is 2.17. The summed E-state index contributed by atoms with van der Waals surface area (Å²) >= 11 is 0. The summed E-state index contributed by atoms with van der Waals surface area (Å²) < 4.78 is 6.28. The van der Waals surface area contributed by atoms with Gasteiger partial charge in [-0.05, 0) is 60.7 Å². The Morgan fingerprint density at radius 3 is 2.75 bits per heavy atom. The molecular formula is C29H32N6O5. The fourth-order valence-corrected chi connectivity index (χ4v) is 5.68. The van der Waals surface area contributed by atoms with Gasteiger partial charge in [0, 0.05) is 62.8 Å². The van der Waals surface area contributed by atoms with Crippen molar-refractivity contribution in [2.45, 2.75) is 50.9 Å². The summed E-state index contributed by atoms with van der Waals surface area (Å²) in [5.41, 5.74) is 8.89. The molecule has 0 saturated carbocycles. The van der Waals surface area contributed by atoms with Gasteiger partial charge in [-0.3, -0.25) is 19.3 Å². The summed E-state index contributed by atoms with van der Waals surface area (Å²) in [5, 5.41) is 10.0. The molecule has 2 aromatic carbocycles. The Kier molecular flexibility index (Phi) is 6.97. The van der Waals surface area contributed by atoms with Crippen molar-refractivity contribution in [2.75, 3.05) is 31.1 Å². The van der Waals surface area contributed by atoms with E-state index in [-0.39, 0.29) is 31.4 Å². The van der Waals surface area contributed by atoms with Gasteiger partial charge in [0.1, 0.15) is 17.9 Å². The van der Waals surface area contributed by atoms with Crippen molar-refractivity contribution in [3.63, 3.8) is 0 Å². The molecule has 3 aromatic rings. The van der Waals surface area contributed by atoms with Crippen LogP contribution in [-0.4, -0.2) is 81.0 Å². The minimum Gasteiger partial charge on any atom is -0.489 e. The van der Waals surface area contributed by atoms with Crippen molar-refractivity contribution in [3.8, 4) is 5.75 Å². The highest BCUT2D eigenvalue weighted by atomic mass is 16.5. The number of nitrogens with zero attached hydrogens (tertiary/aromatic N) is 5. The van der Waals surface area contributed by atoms with Crippen LogP contribution in [0.3, 0.4) is 0 Å². The van der Waals surface area contributed by atoms with Gasteiger partial charge in [0.25, 0.3) is 5.91 Å². The van der Waals surface area contributed by atoms with Gasteiger partial charge in [0.2, 0.25) is 11.9 Å². The first kappa shape index (κ1) is 26.0. The van der Waals surface area contributed by atoms with E-state index < -0.39 is 17.9 Å². The third kappa shape index (κ3) is 5.29. The first-order valence-electron chi connectivity index (χ1n) is 13.7. The number of rotatable bonds is 10. The predicted molar refractivity (Wildman–Crippen MR) is 147 cm³/mol. The van der Waals surface area contributed by atoms with Crippen LogP contribution < -0.4 is 15.4 Å². The first-order valence-corrected chi connectivity index (χ1v) is 13.7. The van der Waals surface area contributed by atoms with Crippen molar-refractivity contribution in [2.24, 2.45) is 5.73 Å². The van der Waals surface area contributed by atoms with E-state index in [9.17, 15) is 14.4 Å². The van der Waals surface area contributed by atoms with Crippen LogP contribution in [0.2, 0.25) is 0 Å². The number of aromatic nitrogens is 2. The molecule has 0 spiro atoms. The van der Waals surface area contributed by atoms with Crippen LogP contribution in [0.15, 0.2) is 42.6 Å². The number of carbonyl (C=O) groups excluding carboxylic acids is 2. The molecular weight excluding hydrogens is 512 g/mol. The first-order chi connectivity index (χ1) is 19.3. The Labute approximate surface area is 231 Å². The van der Waals surface area contributed by atoms with E-state index in [1.165, 1.54) is 16.9 Å². The lowest BCUT2D eigenvalue weighted by Crippen LogP contribution is -2.45. The number of carbonyl (C=O) groups is 3. The summed E-state index contributed by atoms with van der Waals surface area (Å²) in [6, 6.07) is 10.7. The highest BCUT2D eigenvalue weighted by Crippen LogP contribution is 2.31. The molecule has 0 aliphatic carbocycles. The number of fused-ring (bicyclic) bond motifs is 2. The number of hydrogen-bond acceptors (Lipinski definition) is 8. The van der Waals surface area contributed by atoms with Gasteiger partial charge in [0.15, 0.2) is 0 Å². The number of amides is 2. The van der Waals surface area contributed by atoms with E-state index in [0.29, 0.717) is 11.3 Å². The molecule has 0 unspecified atom stereocenters. The fourth-order valence-electron chi connectivity index (χ4n) is 5.68. The second-order valence-electron chi connectivity index (χ2n) is 10.8. The molecule has 2 atom stereocenters. The number of anilines is 1. The van der Waals surface area contributed by atoms with Crippen molar-refractivity contribution in [3.05, 3.63) is 59.3 Å². The zero-order valence-corrected chi connectivity index (χ0v) is 22.2. The summed E-state index contributed by atoms with van der Waals surface area (Å²) in [6.07, 6.45) is 3.74. The van der Waals surface area contributed by atoms with Crippen molar-refractivity contribution in [1.82, 2.24) is 19.8 Å². The van der Waals surface area contributed by atoms with Crippen LogP contribution in [0.1, 0.15) is 47.2 Å². The highest BCUT2D eigenvalue weighted by molar-refractivity contribution is 6.01. The van der Waals surface area contributed by atoms with Gasteiger partial charge in [-0.2, -0.15) is 0 Å². The summed E-state index contributed by atoms with van der Waals surface area (Å²) in [4.78, 5) is 51.0. The number of benzene rings is 2. The maximum Gasteiger partial charge on any atom is 0.303 e. The van der Waals surface area contributed by atoms with E-state index >= 15 is 0 Å². The number of hydrogen-bond donors (Lipinski definition) is 2. The van der Waals surface area contributed by atoms with Crippen molar-refractivity contribution in [1.29, 1.82) is 0 Å². The topological polar surface area (TPSA) is 142 Å². The van der Waals surface area contributed by atoms with Crippen LogP contribution >= 0.6 is 0 Å². The zero-order valence-electron chi connectivity index (χ0n) is 22.2. The van der Waals surface area contributed by atoms with E-state index in [2.05, 4.69) is 33.0 Å². The highest BCUT2D eigenvalue weighted by Gasteiger charge is 2.36. The molecule has 11 heteroatoms. The molecule has 4 heterocycles. The molecule has 6 rings (SSSR count). The Morgan fingerprint density at radius 1 is 1.15 bits per heavy atom. The zero-order chi connectivity index (χ0) is 27.8. The molecule has 2 fully saturated rings. The van der Waals surface area contributed by atoms with E-state index in [4.69, 9.17) is 20.6 Å². The average molecular weight is 545 g/mol. The lowest BCUT2D eigenvalue weighted by atomic mass is 10.1. The van der Waals surface area contributed by atoms with E-state index in [0.717, 1.165) is 61.6 Å². The minimum absolute atomic E-state index is 0.0167. The van der Waals surface area contributed by atoms with Gasteiger partial charge >= 0.3 is 5.97 Å². The van der Waals surface area contributed by atoms with Gasteiger partial charge in [0.05, 0.1) is 5.52 Å². The Balaban J connectivity index is 1.06. The number of primary amides is 1. The molecule has 208 valence electrons. The van der Waals surface area contributed by atoms with E-state index in [1.54, 1.807) is 12.1 Å². The Bertz CT molecular complexity index is 1470. The minimum atomic E-state index is -1.04. The smallest absolute Gasteiger partial charge is 0.303 e. The molecule has 40 heavy (non-hydrogen) atoms. The molecule has 3 N–H and O–H groups in total. The van der Waals surface area contributed by atoms with Crippen molar-refractivity contribution < 1.29 is 24.2 Å². The number of carboxylic acids is 1. The Morgan fingerprint density at radius 2 is 2.00 bits per heavy atom. The monoisotopic (exact) mass is 544 g/mol. The van der Waals surface area contributed by atoms with Crippen LogP contribution in [0.4, 0.5) is 5.95 Å². The summed E-state index contributed by atoms with van der Waals surface area (Å²) in [7, 11) is 0. The maximum absolute atomic E-state index is 12.9. The normalized spacial score (nSPS) is 19.5. The second kappa shape index (κ2) is 10.7. The van der Waals surface area contributed by atoms with E-state index in [1.807, 2.05) is 12.3 Å². The molecule has 3 aliphatic heterocycles. The van der Waals surface area contributed by atoms with Gasteiger partial charge in [-0.15, -0.1) is 0 Å².